The van der Waals surface area contributed by atoms with Crippen molar-refractivity contribution in [2.75, 3.05) is 11.4 Å². The molecule has 17 heavy (non-hydrogen) atoms. The Labute approximate surface area is 101 Å². The summed E-state index contributed by atoms with van der Waals surface area (Å²) in [6.45, 7) is 2.47. The maximum Gasteiger partial charge on any atom is 0.226 e. The van der Waals surface area contributed by atoms with Crippen LogP contribution in [0.5, 0.6) is 0 Å². The minimum absolute atomic E-state index is 0.148. The molecule has 0 bridgehead atoms. The number of anilines is 1. The Kier molecular flexibility index (Phi) is 3.42. The SMILES string of the molecule is C/C(=N/O)c1ccccc1N1CCCCC1=O. The van der Waals surface area contributed by atoms with E-state index in [0.29, 0.717) is 12.1 Å². The molecule has 1 aromatic carbocycles. The molecule has 1 aliphatic heterocycles. The molecule has 0 spiro atoms. The van der Waals surface area contributed by atoms with Gasteiger partial charge in [-0.2, -0.15) is 0 Å². The molecule has 0 radical (unpaired) electrons. The number of hydrogen-bond acceptors (Lipinski definition) is 3. The van der Waals surface area contributed by atoms with Gasteiger partial charge in [-0.25, -0.2) is 0 Å². The van der Waals surface area contributed by atoms with Crippen molar-refractivity contribution in [3.8, 4) is 0 Å². The van der Waals surface area contributed by atoms with Crippen LogP contribution in [-0.2, 0) is 4.79 Å². The van der Waals surface area contributed by atoms with Gasteiger partial charge in [-0.3, -0.25) is 4.79 Å². The number of rotatable bonds is 2. The Morgan fingerprint density at radius 3 is 2.82 bits per heavy atom. The number of para-hydroxylation sites is 1. The van der Waals surface area contributed by atoms with Crippen LogP contribution in [0.3, 0.4) is 0 Å². The highest BCUT2D eigenvalue weighted by Gasteiger charge is 2.22. The lowest BCUT2D eigenvalue weighted by Crippen LogP contribution is -2.36. The molecule has 90 valence electrons. The molecule has 1 N–H and O–H groups in total. The van der Waals surface area contributed by atoms with Crippen molar-refractivity contribution in [2.45, 2.75) is 26.2 Å². The predicted octanol–water partition coefficient (Wildman–Crippen LogP) is 2.40. The second kappa shape index (κ2) is 4.99. The van der Waals surface area contributed by atoms with Crippen LogP contribution < -0.4 is 4.90 Å². The van der Waals surface area contributed by atoms with Crippen molar-refractivity contribution in [2.24, 2.45) is 5.16 Å². The number of benzene rings is 1. The molecule has 4 nitrogen and oxygen atoms in total. The zero-order chi connectivity index (χ0) is 12.3. The van der Waals surface area contributed by atoms with Gasteiger partial charge in [0.25, 0.3) is 0 Å². The van der Waals surface area contributed by atoms with Crippen molar-refractivity contribution in [3.05, 3.63) is 29.8 Å². The Bertz CT molecular complexity index is 454. The number of hydrogen-bond donors (Lipinski definition) is 1. The summed E-state index contributed by atoms with van der Waals surface area (Å²) in [5, 5.41) is 12.1. The highest BCUT2D eigenvalue weighted by atomic mass is 16.4. The van der Waals surface area contributed by atoms with Crippen LogP contribution in [0.4, 0.5) is 5.69 Å². The summed E-state index contributed by atoms with van der Waals surface area (Å²) in [7, 11) is 0. The van der Waals surface area contributed by atoms with Gasteiger partial charge in [0.2, 0.25) is 5.91 Å². The Morgan fingerprint density at radius 1 is 1.35 bits per heavy atom. The van der Waals surface area contributed by atoms with Crippen molar-refractivity contribution in [1.29, 1.82) is 0 Å². The van der Waals surface area contributed by atoms with Gasteiger partial charge in [0, 0.05) is 18.5 Å². The van der Waals surface area contributed by atoms with Crippen LogP contribution in [0.15, 0.2) is 29.4 Å². The van der Waals surface area contributed by atoms with Crippen LogP contribution in [-0.4, -0.2) is 23.4 Å². The van der Waals surface area contributed by atoms with Gasteiger partial charge in [-0.05, 0) is 25.8 Å². The number of oxime groups is 1. The number of nitrogens with zero attached hydrogens (tertiary/aromatic N) is 2. The molecule has 0 atom stereocenters. The second-order valence-electron chi connectivity index (χ2n) is 4.21. The van der Waals surface area contributed by atoms with E-state index < -0.39 is 0 Å². The average molecular weight is 232 g/mol. The fourth-order valence-corrected chi connectivity index (χ4v) is 2.13. The van der Waals surface area contributed by atoms with Gasteiger partial charge in [0.15, 0.2) is 0 Å². The van der Waals surface area contributed by atoms with Crippen molar-refractivity contribution in [3.63, 3.8) is 0 Å². The van der Waals surface area contributed by atoms with Crippen molar-refractivity contribution in [1.82, 2.24) is 0 Å². The van der Waals surface area contributed by atoms with Crippen molar-refractivity contribution >= 4 is 17.3 Å². The molecule has 1 amide bonds. The molecule has 0 unspecified atom stereocenters. The topological polar surface area (TPSA) is 52.9 Å². The lowest BCUT2D eigenvalue weighted by Gasteiger charge is -2.28. The van der Waals surface area contributed by atoms with E-state index in [1.807, 2.05) is 24.3 Å². The monoisotopic (exact) mass is 232 g/mol. The van der Waals surface area contributed by atoms with Gasteiger partial charge in [-0.15, -0.1) is 0 Å². The van der Waals surface area contributed by atoms with Crippen LogP contribution in [0, 0.1) is 0 Å². The number of carbonyl (C=O) groups excluding carboxylic acids is 1. The summed E-state index contributed by atoms with van der Waals surface area (Å²) in [5.41, 5.74) is 2.18. The van der Waals surface area contributed by atoms with Gasteiger partial charge in [0.05, 0.1) is 11.4 Å². The van der Waals surface area contributed by atoms with Crippen LogP contribution >= 0.6 is 0 Å². The molecule has 0 saturated carbocycles. The summed E-state index contributed by atoms with van der Waals surface area (Å²) in [4.78, 5) is 13.7. The Balaban J connectivity index is 2.40. The van der Waals surface area contributed by atoms with E-state index in [1.54, 1.807) is 11.8 Å². The van der Waals surface area contributed by atoms with E-state index in [2.05, 4.69) is 5.16 Å². The summed E-state index contributed by atoms with van der Waals surface area (Å²) in [6.07, 6.45) is 2.59. The molecule has 1 saturated heterocycles. The zero-order valence-corrected chi connectivity index (χ0v) is 9.89. The van der Waals surface area contributed by atoms with E-state index in [9.17, 15) is 4.79 Å². The number of piperidine rings is 1. The molecule has 0 aromatic heterocycles. The maximum absolute atomic E-state index is 11.9. The summed E-state index contributed by atoms with van der Waals surface area (Å²) in [6, 6.07) is 7.53. The molecular weight excluding hydrogens is 216 g/mol. The minimum atomic E-state index is 0.148. The van der Waals surface area contributed by atoms with E-state index >= 15 is 0 Å². The fraction of sp³-hybridized carbons (Fsp3) is 0.385. The first kappa shape index (κ1) is 11.6. The Hall–Kier alpha value is -1.84. The Morgan fingerprint density at radius 2 is 2.12 bits per heavy atom. The number of carbonyl (C=O) groups is 1. The largest absolute Gasteiger partial charge is 0.411 e. The second-order valence-corrected chi connectivity index (χ2v) is 4.21. The molecule has 1 aliphatic rings. The van der Waals surface area contributed by atoms with Crippen LogP contribution in [0.1, 0.15) is 31.7 Å². The molecule has 1 fully saturated rings. The molecule has 1 aromatic rings. The van der Waals surface area contributed by atoms with E-state index in [4.69, 9.17) is 5.21 Å². The standard InChI is InChI=1S/C13H16N2O2/c1-10(14-17)11-6-2-3-7-12(11)15-9-5-4-8-13(15)16/h2-3,6-7,17H,4-5,8-9H2,1H3/b14-10-. The highest BCUT2D eigenvalue weighted by molar-refractivity contribution is 6.07. The summed E-state index contributed by atoms with van der Waals surface area (Å²) in [5.74, 6) is 0.148. The van der Waals surface area contributed by atoms with Crippen LogP contribution in [0.2, 0.25) is 0 Å². The smallest absolute Gasteiger partial charge is 0.226 e. The molecule has 1 heterocycles. The third kappa shape index (κ3) is 2.30. The molecule has 4 heteroatoms. The first-order chi connectivity index (χ1) is 8.24. The van der Waals surface area contributed by atoms with E-state index in [0.717, 1.165) is 30.6 Å². The lowest BCUT2D eigenvalue weighted by atomic mass is 10.0. The predicted molar refractivity (Wildman–Crippen MR) is 66.6 cm³/mol. The summed E-state index contributed by atoms with van der Waals surface area (Å²) < 4.78 is 0. The minimum Gasteiger partial charge on any atom is -0.411 e. The fourth-order valence-electron chi connectivity index (χ4n) is 2.13. The third-order valence-corrected chi connectivity index (χ3v) is 3.06. The first-order valence-corrected chi connectivity index (χ1v) is 5.82. The lowest BCUT2D eigenvalue weighted by molar-refractivity contribution is -0.119. The quantitative estimate of drug-likeness (QED) is 0.483. The molecule has 0 aliphatic carbocycles. The van der Waals surface area contributed by atoms with E-state index in [1.165, 1.54) is 0 Å². The molecular formula is C13H16N2O2. The van der Waals surface area contributed by atoms with Gasteiger partial charge >= 0.3 is 0 Å². The summed E-state index contributed by atoms with van der Waals surface area (Å²) >= 11 is 0. The zero-order valence-electron chi connectivity index (χ0n) is 9.89. The number of amides is 1. The van der Waals surface area contributed by atoms with Gasteiger partial charge < -0.3 is 10.1 Å². The average Bonchev–Trinajstić information content (AvgIpc) is 2.38. The first-order valence-electron chi connectivity index (χ1n) is 5.82. The molecule has 2 rings (SSSR count). The van der Waals surface area contributed by atoms with Gasteiger partial charge in [0.1, 0.15) is 0 Å². The maximum atomic E-state index is 11.9. The van der Waals surface area contributed by atoms with Crippen molar-refractivity contribution < 1.29 is 10.0 Å². The highest BCUT2D eigenvalue weighted by Crippen LogP contribution is 2.25. The third-order valence-electron chi connectivity index (χ3n) is 3.06. The van der Waals surface area contributed by atoms with E-state index in [-0.39, 0.29) is 5.91 Å². The normalized spacial score (nSPS) is 17.4. The van der Waals surface area contributed by atoms with Crippen LogP contribution in [0.25, 0.3) is 0 Å². The van der Waals surface area contributed by atoms with Gasteiger partial charge in [-0.1, -0.05) is 23.4 Å².